The molecule has 0 fully saturated rings. The van der Waals surface area contributed by atoms with E-state index in [2.05, 4.69) is 20.4 Å². The van der Waals surface area contributed by atoms with Gasteiger partial charge < -0.3 is 9.52 Å². The molecular formula is C13H12N4O2S. The summed E-state index contributed by atoms with van der Waals surface area (Å²) in [4.78, 5) is 1.10. The molecule has 0 aliphatic carbocycles. The molecule has 0 aliphatic rings. The molecule has 0 spiro atoms. The zero-order valence-corrected chi connectivity index (χ0v) is 11.8. The van der Waals surface area contributed by atoms with Gasteiger partial charge in [-0.05, 0) is 25.1 Å². The van der Waals surface area contributed by atoms with Crippen LogP contribution in [-0.2, 0) is 6.42 Å². The molecule has 0 atom stereocenters. The van der Waals surface area contributed by atoms with Crippen molar-refractivity contribution in [2.45, 2.75) is 20.3 Å². The Balaban J connectivity index is 2.00. The van der Waals surface area contributed by atoms with Crippen molar-refractivity contribution >= 4 is 33.1 Å². The van der Waals surface area contributed by atoms with Crippen LogP contribution in [0.1, 0.15) is 17.7 Å². The van der Waals surface area contributed by atoms with Crippen molar-refractivity contribution in [2.75, 3.05) is 0 Å². The fourth-order valence-corrected chi connectivity index (χ4v) is 2.81. The van der Waals surface area contributed by atoms with E-state index in [1.54, 1.807) is 23.5 Å². The fourth-order valence-electron chi connectivity index (χ4n) is 1.82. The Bertz CT molecular complexity index is 791. The largest absolute Gasteiger partial charge is 0.507 e. The van der Waals surface area contributed by atoms with Crippen molar-refractivity contribution in [1.82, 2.24) is 10.2 Å². The monoisotopic (exact) mass is 288 g/mol. The van der Waals surface area contributed by atoms with Crippen LogP contribution in [0.3, 0.4) is 0 Å². The number of aryl methyl sites for hydroxylation is 2. The van der Waals surface area contributed by atoms with Gasteiger partial charge in [0.25, 0.3) is 0 Å². The minimum Gasteiger partial charge on any atom is -0.507 e. The lowest BCUT2D eigenvalue weighted by Crippen LogP contribution is -1.75. The van der Waals surface area contributed by atoms with Crippen molar-refractivity contribution in [1.29, 1.82) is 0 Å². The first-order valence-electron chi connectivity index (χ1n) is 6.13. The third-order valence-corrected chi connectivity index (χ3v) is 3.84. The van der Waals surface area contributed by atoms with Crippen molar-refractivity contribution in [2.24, 2.45) is 10.2 Å². The van der Waals surface area contributed by atoms with Gasteiger partial charge in [0, 0.05) is 16.7 Å². The summed E-state index contributed by atoms with van der Waals surface area (Å²) >= 11 is 1.56. The maximum atomic E-state index is 9.82. The summed E-state index contributed by atoms with van der Waals surface area (Å²) in [5.41, 5.74) is 0.673. The molecule has 3 aromatic rings. The lowest BCUT2D eigenvalue weighted by atomic mass is 10.2. The molecule has 0 saturated heterocycles. The highest BCUT2D eigenvalue weighted by Crippen LogP contribution is 2.39. The lowest BCUT2D eigenvalue weighted by Gasteiger charge is -1.97. The Labute approximate surface area is 118 Å². The van der Waals surface area contributed by atoms with E-state index in [0.29, 0.717) is 18.0 Å². The van der Waals surface area contributed by atoms with Crippen molar-refractivity contribution < 1.29 is 9.52 Å². The summed E-state index contributed by atoms with van der Waals surface area (Å²) in [6, 6.07) is 5.38. The predicted octanol–water partition coefficient (Wildman–Crippen LogP) is 4.28. The van der Waals surface area contributed by atoms with Gasteiger partial charge >= 0.3 is 6.01 Å². The van der Waals surface area contributed by atoms with Crippen LogP contribution in [0.5, 0.6) is 5.75 Å². The topological polar surface area (TPSA) is 83.9 Å². The molecule has 0 amide bonds. The van der Waals surface area contributed by atoms with Crippen LogP contribution in [0.25, 0.3) is 10.1 Å². The SMILES string of the molecule is CCc1nnc(/N=N/c2ccc(O)c3cc(C)sc23)o1. The molecule has 1 N–H and O–H groups in total. The van der Waals surface area contributed by atoms with Gasteiger partial charge in [0.05, 0.1) is 4.70 Å². The number of phenolic OH excluding ortho intramolecular Hbond substituents is 1. The van der Waals surface area contributed by atoms with E-state index in [-0.39, 0.29) is 11.8 Å². The van der Waals surface area contributed by atoms with Gasteiger partial charge in [-0.2, -0.15) is 0 Å². The van der Waals surface area contributed by atoms with Gasteiger partial charge in [0.2, 0.25) is 5.89 Å². The van der Waals surface area contributed by atoms with Gasteiger partial charge in [0.1, 0.15) is 11.4 Å². The Hall–Kier alpha value is -2.28. The molecule has 2 heterocycles. The molecule has 0 unspecified atom stereocenters. The lowest BCUT2D eigenvalue weighted by molar-refractivity contribution is 0.482. The number of azo groups is 1. The van der Waals surface area contributed by atoms with E-state index in [4.69, 9.17) is 4.42 Å². The normalized spacial score (nSPS) is 11.7. The van der Waals surface area contributed by atoms with E-state index >= 15 is 0 Å². The van der Waals surface area contributed by atoms with Gasteiger partial charge in [0.15, 0.2) is 0 Å². The first-order chi connectivity index (χ1) is 9.67. The van der Waals surface area contributed by atoms with Crippen LogP contribution in [0.2, 0.25) is 0 Å². The standard InChI is InChI=1S/C13H12N4O2S/c1-3-11-15-17-13(19-11)16-14-9-4-5-10(18)8-6-7(2)20-12(8)9/h4-6,18H,3H2,1-2H3/b16-14+. The van der Waals surface area contributed by atoms with Crippen LogP contribution in [-0.4, -0.2) is 15.3 Å². The second-order valence-electron chi connectivity index (χ2n) is 4.24. The highest BCUT2D eigenvalue weighted by Gasteiger charge is 2.09. The zero-order chi connectivity index (χ0) is 14.1. The Morgan fingerprint density at radius 1 is 1.30 bits per heavy atom. The van der Waals surface area contributed by atoms with E-state index in [1.807, 2.05) is 19.9 Å². The molecule has 102 valence electrons. The summed E-state index contributed by atoms with van der Waals surface area (Å²) in [6.07, 6.45) is 0.663. The molecule has 0 bridgehead atoms. The number of aromatic nitrogens is 2. The molecule has 2 aromatic heterocycles. The summed E-state index contributed by atoms with van der Waals surface area (Å²) in [5, 5.41) is 26.3. The molecular weight excluding hydrogens is 276 g/mol. The molecule has 3 rings (SSSR count). The molecule has 6 nitrogen and oxygen atoms in total. The highest BCUT2D eigenvalue weighted by atomic mass is 32.1. The number of rotatable bonds is 3. The number of hydrogen-bond donors (Lipinski definition) is 1. The second kappa shape index (κ2) is 5.01. The number of nitrogens with zero attached hydrogens (tertiary/aromatic N) is 4. The minimum absolute atomic E-state index is 0.136. The van der Waals surface area contributed by atoms with Crippen LogP contribution in [0, 0.1) is 6.92 Å². The average molecular weight is 288 g/mol. The summed E-state index contributed by atoms with van der Waals surface area (Å²) in [6.45, 7) is 3.91. The summed E-state index contributed by atoms with van der Waals surface area (Å²) in [5.74, 6) is 0.774. The quantitative estimate of drug-likeness (QED) is 0.729. The Morgan fingerprint density at radius 2 is 2.15 bits per heavy atom. The van der Waals surface area contributed by atoms with Crippen LogP contribution in [0.4, 0.5) is 11.7 Å². The van der Waals surface area contributed by atoms with Crippen LogP contribution in [0.15, 0.2) is 32.8 Å². The van der Waals surface area contributed by atoms with Gasteiger partial charge in [-0.15, -0.1) is 21.5 Å². The molecule has 0 saturated carbocycles. The number of thiophene rings is 1. The Kier molecular flexibility index (Phi) is 3.19. The number of fused-ring (bicyclic) bond motifs is 1. The fraction of sp³-hybridized carbons (Fsp3) is 0.231. The van der Waals surface area contributed by atoms with Gasteiger partial charge in [-0.1, -0.05) is 17.1 Å². The predicted molar refractivity (Wildman–Crippen MR) is 76.1 cm³/mol. The average Bonchev–Trinajstić information content (AvgIpc) is 3.04. The van der Waals surface area contributed by atoms with Crippen molar-refractivity contribution in [3.05, 3.63) is 29.0 Å². The third kappa shape index (κ3) is 2.27. The third-order valence-electron chi connectivity index (χ3n) is 2.76. The van der Waals surface area contributed by atoms with E-state index in [9.17, 15) is 5.11 Å². The number of hydrogen-bond acceptors (Lipinski definition) is 7. The van der Waals surface area contributed by atoms with E-state index < -0.39 is 0 Å². The van der Waals surface area contributed by atoms with Crippen LogP contribution < -0.4 is 0 Å². The molecule has 1 aromatic carbocycles. The smallest absolute Gasteiger partial charge is 0.361 e. The van der Waals surface area contributed by atoms with E-state index in [1.165, 1.54) is 0 Å². The number of aromatic hydroxyl groups is 1. The first-order valence-corrected chi connectivity index (χ1v) is 6.95. The molecule has 7 heteroatoms. The van der Waals surface area contributed by atoms with Gasteiger partial charge in [-0.3, -0.25) is 0 Å². The molecule has 20 heavy (non-hydrogen) atoms. The number of phenols is 1. The summed E-state index contributed by atoms with van der Waals surface area (Å²) < 4.78 is 6.16. The van der Waals surface area contributed by atoms with Gasteiger partial charge in [-0.25, -0.2) is 0 Å². The molecule has 0 radical (unpaired) electrons. The molecule has 0 aliphatic heterocycles. The Morgan fingerprint density at radius 3 is 2.90 bits per heavy atom. The second-order valence-corrected chi connectivity index (χ2v) is 5.49. The van der Waals surface area contributed by atoms with Crippen molar-refractivity contribution in [3.8, 4) is 5.75 Å². The summed E-state index contributed by atoms with van der Waals surface area (Å²) in [7, 11) is 0. The minimum atomic E-state index is 0.136. The number of benzene rings is 1. The first kappa shape index (κ1) is 12.7. The van der Waals surface area contributed by atoms with Crippen LogP contribution >= 0.6 is 11.3 Å². The van der Waals surface area contributed by atoms with E-state index in [0.717, 1.165) is 15.0 Å². The van der Waals surface area contributed by atoms with Crippen molar-refractivity contribution in [3.63, 3.8) is 0 Å². The zero-order valence-electron chi connectivity index (χ0n) is 11.0. The highest BCUT2D eigenvalue weighted by molar-refractivity contribution is 7.19. The maximum absolute atomic E-state index is 9.82. The maximum Gasteiger partial charge on any atom is 0.361 e.